The van der Waals surface area contributed by atoms with Crippen LogP contribution in [0.4, 0.5) is 5.69 Å². The van der Waals surface area contributed by atoms with Gasteiger partial charge in [-0.05, 0) is 38.8 Å². The maximum atomic E-state index is 5.87. The molecule has 2 heterocycles. The summed E-state index contributed by atoms with van der Waals surface area (Å²) in [7, 11) is 0. The zero-order valence-corrected chi connectivity index (χ0v) is 10.5. The summed E-state index contributed by atoms with van der Waals surface area (Å²) in [4.78, 5) is 3.98. The van der Waals surface area contributed by atoms with E-state index in [1.165, 1.54) is 19.3 Å². The minimum Gasteiger partial charge on any atom is -0.318 e. The highest BCUT2D eigenvalue weighted by atomic mass is 35.5. The first-order chi connectivity index (χ1) is 7.66. The van der Waals surface area contributed by atoms with E-state index in [-0.39, 0.29) is 0 Å². The van der Waals surface area contributed by atoms with E-state index in [9.17, 15) is 0 Å². The van der Waals surface area contributed by atoms with E-state index in [0.717, 1.165) is 5.69 Å². The first-order valence-corrected chi connectivity index (χ1v) is 6.21. The molecule has 0 spiro atoms. The quantitative estimate of drug-likeness (QED) is 0.803. The minimum atomic E-state index is 0.530. The van der Waals surface area contributed by atoms with E-state index < -0.39 is 0 Å². The molecule has 0 bridgehead atoms. The first-order valence-electron chi connectivity index (χ1n) is 5.83. The molecule has 1 saturated heterocycles. The number of anilines is 1. The van der Waals surface area contributed by atoms with E-state index in [1.54, 1.807) is 6.20 Å². The number of halogens is 1. The van der Waals surface area contributed by atoms with E-state index in [1.807, 2.05) is 12.1 Å². The average molecular weight is 240 g/mol. The first kappa shape index (κ1) is 11.7. The Labute approximate surface area is 102 Å². The topological polar surface area (TPSA) is 28.2 Å². The van der Waals surface area contributed by atoms with Gasteiger partial charge in [0.1, 0.15) is 5.15 Å². The molecule has 1 N–H and O–H groups in total. The monoisotopic (exact) mass is 239 g/mol. The van der Waals surface area contributed by atoms with Crippen molar-refractivity contribution in [1.82, 2.24) is 9.99 Å². The smallest absolute Gasteiger partial charge is 0.131 e. The fourth-order valence-corrected chi connectivity index (χ4v) is 2.44. The zero-order valence-electron chi connectivity index (χ0n) is 9.78. The molecule has 1 aliphatic rings. The number of hydrogen-bond acceptors (Lipinski definition) is 3. The SMILES string of the molecule is CC1CCCC(C)N1Nc1ccnc(Cl)c1. The van der Waals surface area contributed by atoms with Gasteiger partial charge in [-0.15, -0.1) is 0 Å². The van der Waals surface area contributed by atoms with Crippen LogP contribution in [0.25, 0.3) is 0 Å². The molecule has 0 aliphatic carbocycles. The van der Waals surface area contributed by atoms with Gasteiger partial charge in [0.15, 0.2) is 0 Å². The van der Waals surface area contributed by atoms with E-state index >= 15 is 0 Å². The molecule has 88 valence electrons. The zero-order chi connectivity index (χ0) is 11.5. The van der Waals surface area contributed by atoms with Crippen molar-refractivity contribution in [3.05, 3.63) is 23.5 Å². The molecule has 2 unspecified atom stereocenters. The minimum absolute atomic E-state index is 0.530. The molecule has 1 fully saturated rings. The van der Waals surface area contributed by atoms with E-state index in [2.05, 4.69) is 29.3 Å². The second-order valence-electron chi connectivity index (χ2n) is 4.52. The van der Waals surface area contributed by atoms with Gasteiger partial charge in [-0.25, -0.2) is 9.99 Å². The average Bonchev–Trinajstić information content (AvgIpc) is 2.24. The Bertz CT molecular complexity index is 346. The molecule has 2 atom stereocenters. The van der Waals surface area contributed by atoms with Gasteiger partial charge in [0.25, 0.3) is 0 Å². The number of hydrogen-bond donors (Lipinski definition) is 1. The summed E-state index contributed by atoms with van der Waals surface area (Å²) in [6, 6.07) is 4.93. The fraction of sp³-hybridized carbons (Fsp3) is 0.583. The molecule has 0 aromatic carbocycles. The third-order valence-corrected chi connectivity index (χ3v) is 3.38. The second-order valence-corrected chi connectivity index (χ2v) is 4.90. The lowest BCUT2D eigenvalue weighted by Crippen LogP contribution is -2.47. The lowest BCUT2D eigenvalue weighted by Gasteiger charge is -2.39. The van der Waals surface area contributed by atoms with Crippen LogP contribution in [0.3, 0.4) is 0 Å². The number of pyridine rings is 1. The van der Waals surface area contributed by atoms with Crippen LogP contribution in [-0.2, 0) is 0 Å². The van der Waals surface area contributed by atoms with Gasteiger partial charge in [-0.1, -0.05) is 18.0 Å². The normalized spacial score (nSPS) is 26.7. The number of aromatic nitrogens is 1. The van der Waals surface area contributed by atoms with Gasteiger partial charge in [0, 0.05) is 18.3 Å². The number of rotatable bonds is 2. The summed E-state index contributed by atoms with van der Waals surface area (Å²) in [6.45, 7) is 4.51. The van der Waals surface area contributed by atoms with Crippen molar-refractivity contribution in [3.63, 3.8) is 0 Å². The number of piperidine rings is 1. The molecule has 1 aromatic heterocycles. The second kappa shape index (κ2) is 5.02. The number of hydrazine groups is 1. The maximum Gasteiger partial charge on any atom is 0.131 e. The van der Waals surface area contributed by atoms with Crippen LogP contribution in [0.2, 0.25) is 5.15 Å². The molecule has 4 heteroatoms. The Morgan fingerprint density at radius 1 is 1.38 bits per heavy atom. The van der Waals surface area contributed by atoms with Crippen molar-refractivity contribution in [2.24, 2.45) is 0 Å². The van der Waals surface area contributed by atoms with Gasteiger partial charge in [0.2, 0.25) is 0 Å². The highest BCUT2D eigenvalue weighted by molar-refractivity contribution is 6.29. The van der Waals surface area contributed by atoms with Crippen LogP contribution in [0.1, 0.15) is 33.1 Å². The Morgan fingerprint density at radius 2 is 2.06 bits per heavy atom. The molecule has 3 nitrogen and oxygen atoms in total. The van der Waals surface area contributed by atoms with Crippen molar-refractivity contribution >= 4 is 17.3 Å². The van der Waals surface area contributed by atoms with Gasteiger partial charge < -0.3 is 5.43 Å². The number of nitrogens with zero attached hydrogens (tertiary/aromatic N) is 2. The number of nitrogens with one attached hydrogen (secondary N) is 1. The van der Waals surface area contributed by atoms with Crippen LogP contribution >= 0.6 is 11.6 Å². The lowest BCUT2D eigenvalue weighted by molar-refractivity contribution is 0.136. The van der Waals surface area contributed by atoms with Gasteiger partial charge in [-0.2, -0.15) is 0 Å². The Hall–Kier alpha value is -0.800. The molecule has 2 rings (SSSR count). The predicted octanol–water partition coefficient (Wildman–Crippen LogP) is 3.32. The lowest BCUT2D eigenvalue weighted by atomic mass is 10.00. The largest absolute Gasteiger partial charge is 0.318 e. The van der Waals surface area contributed by atoms with Crippen molar-refractivity contribution in [3.8, 4) is 0 Å². The Morgan fingerprint density at radius 3 is 2.69 bits per heavy atom. The predicted molar refractivity (Wildman–Crippen MR) is 67.5 cm³/mol. The highest BCUT2D eigenvalue weighted by Crippen LogP contribution is 2.23. The van der Waals surface area contributed by atoms with Crippen LogP contribution in [0.5, 0.6) is 0 Å². The highest BCUT2D eigenvalue weighted by Gasteiger charge is 2.24. The van der Waals surface area contributed by atoms with Crippen LogP contribution in [0.15, 0.2) is 18.3 Å². The standard InChI is InChI=1S/C12H18ClN3/c1-9-4-3-5-10(2)16(9)15-11-6-7-14-12(13)8-11/h6-10H,3-5H2,1-2H3,(H,14,15). The summed E-state index contributed by atoms with van der Waals surface area (Å²) in [5.41, 5.74) is 4.44. The Balaban J connectivity index is 2.07. The molecular formula is C12H18ClN3. The third kappa shape index (κ3) is 2.66. The van der Waals surface area contributed by atoms with E-state index in [0.29, 0.717) is 17.2 Å². The van der Waals surface area contributed by atoms with Gasteiger partial charge in [0.05, 0.1) is 5.69 Å². The van der Waals surface area contributed by atoms with Crippen LogP contribution < -0.4 is 5.43 Å². The summed E-state index contributed by atoms with van der Waals surface area (Å²) < 4.78 is 0. The van der Waals surface area contributed by atoms with Crippen LogP contribution in [0, 0.1) is 0 Å². The van der Waals surface area contributed by atoms with Crippen molar-refractivity contribution < 1.29 is 0 Å². The van der Waals surface area contributed by atoms with Crippen molar-refractivity contribution in [2.75, 3.05) is 5.43 Å². The van der Waals surface area contributed by atoms with E-state index in [4.69, 9.17) is 11.6 Å². The molecule has 0 saturated carbocycles. The molecular weight excluding hydrogens is 222 g/mol. The summed E-state index contributed by atoms with van der Waals surface area (Å²) in [6.07, 6.45) is 5.54. The van der Waals surface area contributed by atoms with Gasteiger partial charge in [-0.3, -0.25) is 0 Å². The maximum absolute atomic E-state index is 5.87. The third-order valence-electron chi connectivity index (χ3n) is 3.18. The summed E-state index contributed by atoms with van der Waals surface area (Å²) in [5, 5.41) is 2.84. The van der Waals surface area contributed by atoms with Gasteiger partial charge >= 0.3 is 0 Å². The fourth-order valence-electron chi connectivity index (χ4n) is 2.26. The van der Waals surface area contributed by atoms with Crippen molar-refractivity contribution in [2.45, 2.75) is 45.2 Å². The molecule has 0 radical (unpaired) electrons. The Kier molecular flexibility index (Phi) is 3.66. The van der Waals surface area contributed by atoms with Crippen molar-refractivity contribution in [1.29, 1.82) is 0 Å². The molecule has 1 aliphatic heterocycles. The summed E-state index contributed by atoms with van der Waals surface area (Å²) >= 11 is 5.87. The summed E-state index contributed by atoms with van der Waals surface area (Å²) in [5.74, 6) is 0. The molecule has 1 aromatic rings. The molecule has 16 heavy (non-hydrogen) atoms. The van der Waals surface area contributed by atoms with Crippen LogP contribution in [-0.4, -0.2) is 22.1 Å². The molecule has 0 amide bonds.